The van der Waals surface area contributed by atoms with Gasteiger partial charge >= 0.3 is 5.97 Å². The number of morpholine rings is 1. The summed E-state index contributed by atoms with van der Waals surface area (Å²) in [5, 5.41) is 12.4. The summed E-state index contributed by atoms with van der Waals surface area (Å²) < 4.78 is 21.9. The molecule has 0 unspecified atom stereocenters. The Bertz CT molecular complexity index is 1200. The molecule has 2 aromatic carbocycles. The van der Waals surface area contributed by atoms with Gasteiger partial charge in [0.05, 0.1) is 46.3 Å². The molecule has 4 rings (SSSR count). The molecule has 0 radical (unpaired) electrons. The van der Waals surface area contributed by atoms with Gasteiger partial charge in [-0.1, -0.05) is 30.3 Å². The Labute approximate surface area is 191 Å². The number of rotatable bonds is 7. The molecule has 8 heteroatoms. The molecule has 1 fully saturated rings. The van der Waals surface area contributed by atoms with E-state index in [1.54, 1.807) is 13.2 Å². The van der Waals surface area contributed by atoms with Gasteiger partial charge in [0.2, 0.25) is 11.2 Å². The molecule has 1 aliphatic heterocycles. The number of carbonyl (C=O) groups is 1. The number of hydrogen-bond donors (Lipinski definition) is 1. The van der Waals surface area contributed by atoms with Crippen molar-refractivity contribution in [2.45, 2.75) is 18.9 Å². The highest BCUT2D eigenvalue weighted by Gasteiger charge is 2.29. The first-order valence-electron chi connectivity index (χ1n) is 10.8. The maximum absolute atomic E-state index is 12.7. The van der Waals surface area contributed by atoms with Crippen molar-refractivity contribution in [3.8, 4) is 11.5 Å². The second-order valence-corrected chi connectivity index (χ2v) is 7.91. The first kappa shape index (κ1) is 22.8. The van der Waals surface area contributed by atoms with Crippen LogP contribution in [0.4, 0.5) is 0 Å². The molecule has 0 aliphatic carbocycles. The molecular formula is C25H27NO7. The predicted molar refractivity (Wildman–Crippen MR) is 122 cm³/mol. The molecule has 33 heavy (non-hydrogen) atoms. The highest BCUT2D eigenvalue weighted by atomic mass is 16.5. The average Bonchev–Trinajstić information content (AvgIpc) is 2.84. The number of esters is 1. The molecule has 0 bridgehead atoms. The van der Waals surface area contributed by atoms with Crippen molar-refractivity contribution in [3.05, 3.63) is 69.8 Å². The number of benzene rings is 2. The normalized spacial score (nSPS) is 15.3. The summed E-state index contributed by atoms with van der Waals surface area (Å²) in [7, 11) is 2.89. The van der Waals surface area contributed by atoms with E-state index in [1.165, 1.54) is 13.2 Å². The zero-order chi connectivity index (χ0) is 23.4. The zero-order valence-corrected chi connectivity index (χ0v) is 18.7. The Kier molecular flexibility index (Phi) is 6.96. The number of aromatic hydroxyl groups is 1. The lowest BCUT2D eigenvalue weighted by atomic mass is 9.88. The number of fused-ring (bicyclic) bond motifs is 1. The van der Waals surface area contributed by atoms with Crippen LogP contribution in [0.2, 0.25) is 0 Å². The van der Waals surface area contributed by atoms with Crippen LogP contribution in [0.5, 0.6) is 11.5 Å². The molecule has 1 saturated heterocycles. The van der Waals surface area contributed by atoms with E-state index in [-0.39, 0.29) is 12.2 Å². The fourth-order valence-electron chi connectivity index (χ4n) is 4.22. The maximum Gasteiger partial charge on any atom is 0.306 e. The molecule has 0 amide bonds. The SMILES string of the molecule is COC(=O)C[C@H](c1oc(CN2CCOCC2)cc(=O)c1O)c1ccc(OC)c2ccccc12. The summed E-state index contributed by atoms with van der Waals surface area (Å²) in [5.41, 5.74) is 0.172. The maximum atomic E-state index is 12.7. The second kappa shape index (κ2) is 10.1. The van der Waals surface area contributed by atoms with Crippen LogP contribution in [-0.4, -0.2) is 56.5 Å². The van der Waals surface area contributed by atoms with Gasteiger partial charge in [-0.2, -0.15) is 0 Å². The summed E-state index contributed by atoms with van der Waals surface area (Å²) in [6.45, 7) is 3.05. The number of carbonyl (C=O) groups excluding carboxylic acids is 1. The van der Waals surface area contributed by atoms with Gasteiger partial charge in [0, 0.05) is 24.5 Å². The molecule has 0 saturated carbocycles. The smallest absolute Gasteiger partial charge is 0.306 e. The number of methoxy groups -OCH3 is 2. The van der Waals surface area contributed by atoms with Gasteiger partial charge in [0.25, 0.3) is 0 Å². The lowest BCUT2D eigenvalue weighted by Gasteiger charge is -2.26. The van der Waals surface area contributed by atoms with Crippen molar-refractivity contribution >= 4 is 16.7 Å². The van der Waals surface area contributed by atoms with Gasteiger partial charge in [0.1, 0.15) is 11.5 Å². The largest absolute Gasteiger partial charge is 0.502 e. The molecular weight excluding hydrogens is 426 g/mol. The van der Waals surface area contributed by atoms with Crippen LogP contribution in [0.1, 0.15) is 29.4 Å². The van der Waals surface area contributed by atoms with E-state index in [1.807, 2.05) is 30.3 Å². The van der Waals surface area contributed by atoms with Gasteiger partial charge in [-0.15, -0.1) is 0 Å². The number of hydrogen-bond acceptors (Lipinski definition) is 8. The molecule has 1 atom stereocenters. The Hall–Kier alpha value is -3.36. The van der Waals surface area contributed by atoms with Gasteiger partial charge in [-0.25, -0.2) is 0 Å². The molecule has 3 aromatic rings. The van der Waals surface area contributed by atoms with Crippen LogP contribution in [0.3, 0.4) is 0 Å². The van der Waals surface area contributed by atoms with Gasteiger partial charge in [-0.3, -0.25) is 14.5 Å². The minimum absolute atomic E-state index is 0.0477. The van der Waals surface area contributed by atoms with E-state index in [4.69, 9.17) is 18.6 Å². The quantitative estimate of drug-likeness (QED) is 0.545. The lowest BCUT2D eigenvalue weighted by molar-refractivity contribution is -0.140. The third-order valence-corrected chi connectivity index (χ3v) is 5.91. The predicted octanol–water partition coefficient (Wildman–Crippen LogP) is 3.03. The van der Waals surface area contributed by atoms with Gasteiger partial charge in [0.15, 0.2) is 5.76 Å². The second-order valence-electron chi connectivity index (χ2n) is 7.91. The summed E-state index contributed by atoms with van der Waals surface area (Å²) in [6.07, 6.45) is -0.107. The molecule has 8 nitrogen and oxygen atoms in total. The van der Waals surface area contributed by atoms with Crippen LogP contribution in [0.25, 0.3) is 10.8 Å². The van der Waals surface area contributed by atoms with Crippen molar-refractivity contribution in [1.82, 2.24) is 4.90 Å². The Morgan fingerprint density at radius 3 is 2.55 bits per heavy atom. The van der Waals surface area contributed by atoms with Crippen molar-refractivity contribution in [2.75, 3.05) is 40.5 Å². The molecule has 0 spiro atoms. The Morgan fingerprint density at radius 1 is 1.12 bits per heavy atom. The minimum Gasteiger partial charge on any atom is -0.502 e. The fourth-order valence-corrected chi connectivity index (χ4v) is 4.22. The van der Waals surface area contributed by atoms with E-state index in [9.17, 15) is 14.7 Å². The number of ether oxygens (including phenoxy) is 3. The fraction of sp³-hybridized carbons (Fsp3) is 0.360. The monoisotopic (exact) mass is 453 g/mol. The van der Waals surface area contributed by atoms with Crippen LogP contribution < -0.4 is 10.2 Å². The molecule has 1 aliphatic rings. The molecule has 2 heterocycles. The highest BCUT2D eigenvalue weighted by Crippen LogP contribution is 2.39. The minimum atomic E-state index is -0.731. The topological polar surface area (TPSA) is 98.4 Å². The third kappa shape index (κ3) is 4.86. The van der Waals surface area contributed by atoms with Gasteiger partial charge in [-0.05, 0) is 17.0 Å². The molecule has 1 aromatic heterocycles. The van der Waals surface area contributed by atoms with Crippen molar-refractivity contribution in [2.24, 2.45) is 0 Å². The highest BCUT2D eigenvalue weighted by molar-refractivity contribution is 5.92. The van der Waals surface area contributed by atoms with Crippen LogP contribution in [0, 0.1) is 0 Å². The Balaban J connectivity index is 1.84. The summed E-state index contributed by atoms with van der Waals surface area (Å²) in [6, 6.07) is 12.5. The lowest BCUT2D eigenvalue weighted by Crippen LogP contribution is -2.35. The standard InChI is InChI=1S/C25H27NO7/c1-30-22-8-7-18(17-5-3-4-6-19(17)22)20(14-23(28)31-2)25-24(29)21(27)13-16(33-25)15-26-9-11-32-12-10-26/h3-8,13,20,29H,9-12,14-15H2,1-2H3/t20-/m0/s1. The van der Waals surface area contributed by atoms with Crippen molar-refractivity contribution < 1.29 is 28.5 Å². The summed E-state index contributed by atoms with van der Waals surface area (Å²) in [4.78, 5) is 27.1. The van der Waals surface area contributed by atoms with E-state index in [2.05, 4.69) is 4.90 Å². The van der Waals surface area contributed by atoms with Crippen LogP contribution in [-0.2, 0) is 20.8 Å². The van der Waals surface area contributed by atoms with Crippen molar-refractivity contribution in [3.63, 3.8) is 0 Å². The summed E-state index contributed by atoms with van der Waals surface area (Å²) in [5.74, 6) is -0.576. The average molecular weight is 453 g/mol. The van der Waals surface area contributed by atoms with Crippen molar-refractivity contribution in [1.29, 1.82) is 0 Å². The van der Waals surface area contributed by atoms with E-state index < -0.39 is 23.1 Å². The van der Waals surface area contributed by atoms with E-state index in [0.717, 1.165) is 16.3 Å². The first-order valence-corrected chi connectivity index (χ1v) is 10.8. The van der Waals surface area contributed by atoms with Crippen LogP contribution in [0.15, 0.2) is 51.7 Å². The van der Waals surface area contributed by atoms with Crippen LogP contribution >= 0.6 is 0 Å². The third-order valence-electron chi connectivity index (χ3n) is 5.91. The summed E-state index contributed by atoms with van der Waals surface area (Å²) >= 11 is 0. The molecule has 174 valence electrons. The van der Waals surface area contributed by atoms with Gasteiger partial charge < -0.3 is 23.7 Å². The van der Waals surface area contributed by atoms with E-state index in [0.29, 0.717) is 44.4 Å². The zero-order valence-electron chi connectivity index (χ0n) is 18.7. The number of nitrogens with zero attached hydrogens (tertiary/aromatic N) is 1. The Morgan fingerprint density at radius 2 is 1.85 bits per heavy atom. The molecule has 1 N–H and O–H groups in total. The van der Waals surface area contributed by atoms with E-state index >= 15 is 0 Å². The first-order chi connectivity index (χ1) is 16.0.